The summed E-state index contributed by atoms with van der Waals surface area (Å²) in [6.07, 6.45) is 25.6. The summed E-state index contributed by atoms with van der Waals surface area (Å²) in [4.78, 5) is 4.76. The summed E-state index contributed by atoms with van der Waals surface area (Å²) in [6, 6.07) is 40.4. The van der Waals surface area contributed by atoms with E-state index >= 15 is 0 Å². The Morgan fingerprint density at radius 1 is 0.683 bits per heavy atom. The predicted molar refractivity (Wildman–Crippen MR) is 263 cm³/mol. The van der Waals surface area contributed by atoms with Gasteiger partial charge in [-0.15, -0.1) is 0 Å². The molecule has 0 spiro atoms. The van der Waals surface area contributed by atoms with Crippen LogP contribution in [0.3, 0.4) is 0 Å². The standard InChI is InChI=1S/C52H50N2OS.2C2H6/c1-38(49(52(3)36-20-9-21-37-52)39(2)53(43-24-12-5-13-25-43)44-26-14-6-15-27-44)40-32-34-42(35-33-40)48-47(41-22-10-4-11-23-41)50(56-51(48)55)54(45-28-16-7-17-29-45)46-30-18-8-19-31-46;2*1-2/h5,7-10,12-13,16-26,28-36,55H,1,4,6,11,14-15,27,37H2,2-3H3;2*1-2H3/b49-39-;;/t52-;;/m1../s1. The fourth-order valence-corrected chi connectivity index (χ4v) is 9.73. The predicted octanol–water partition coefficient (Wildman–Crippen LogP) is 17.2. The van der Waals surface area contributed by atoms with Crippen molar-refractivity contribution in [3.8, 4) is 16.2 Å². The molecule has 1 N–H and O–H groups in total. The van der Waals surface area contributed by atoms with Gasteiger partial charge in [0.25, 0.3) is 0 Å². The van der Waals surface area contributed by atoms with Gasteiger partial charge in [0.05, 0.1) is 0 Å². The van der Waals surface area contributed by atoms with Gasteiger partial charge < -0.3 is 14.9 Å². The van der Waals surface area contributed by atoms with Gasteiger partial charge in [0.15, 0.2) is 5.06 Å². The van der Waals surface area contributed by atoms with Crippen LogP contribution in [-0.4, -0.2) is 5.11 Å². The molecule has 0 radical (unpaired) electrons. The Hall–Kier alpha value is -5.84. The summed E-state index contributed by atoms with van der Waals surface area (Å²) in [5.41, 5.74) is 12.9. The van der Waals surface area contributed by atoms with Crippen molar-refractivity contribution < 1.29 is 5.11 Å². The van der Waals surface area contributed by atoms with Crippen LogP contribution in [0.2, 0.25) is 0 Å². The molecule has 1 heterocycles. The molecule has 5 aromatic rings. The van der Waals surface area contributed by atoms with Crippen molar-refractivity contribution >= 4 is 44.5 Å². The van der Waals surface area contributed by atoms with Crippen LogP contribution < -0.4 is 9.80 Å². The summed E-state index contributed by atoms with van der Waals surface area (Å²) in [5.74, 6) is 0. The number of hydrogen-bond acceptors (Lipinski definition) is 4. The normalized spacial score (nSPS) is 17.2. The van der Waals surface area contributed by atoms with Crippen LogP contribution >= 0.6 is 11.3 Å². The Labute approximate surface area is 364 Å². The summed E-state index contributed by atoms with van der Waals surface area (Å²) < 4.78 is 0. The first-order valence-electron chi connectivity index (χ1n) is 22.0. The van der Waals surface area contributed by atoms with E-state index in [1.165, 1.54) is 46.8 Å². The number of nitrogens with zero attached hydrogens (tertiary/aromatic N) is 2. The highest BCUT2D eigenvalue weighted by molar-refractivity contribution is 7.19. The third kappa shape index (κ3) is 9.46. The molecule has 4 aromatic carbocycles. The first kappa shape index (κ1) is 43.7. The molecule has 3 aliphatic carbocycles. The molecule has 8 rings (SSSR count). The third-order valence-corrected chi connectivity index (χ3v) is 12.3. The zero-order valence-electron chi connectivity index (χ0n) is 36.5. The van der Waals surface area contributed by atoms with E-state index in [-0.39, 0.29) is 5.41 Å². The molecule has 0 unspecified atom stereocenters. The van der Waals surface area contributed by atoms with Gasteiger partial charge in [0.1, 0.15) is 5.00 Å². The molecule has 1 atom stereocenters. The molecule has 0 fully saturated rings. The number of aromatic hydroxyl groups is 1. The molecule has 308 valence electrons. The summed E-state index contributed by atoms with van der Waals surface area (Å²) >= 11 is 1.44. The maximum Gasteiger partial charge on any atom is 0.181 e. The van der Waals surface area contributed by atoms with Crippen molar-refractivity contribution in [2.45, 2.75) is 86.5 Å². The van der Waals surface area contributed by atoms with E-state index in [1.807, 2.05) is 39.8 Å². The van der Waals surface area contributed by atoms with Crippen LogP contribution in [0, 0.1) is 5.41 Å². The van der Waals surface area contributed by atoms with E-state index in [1.54, 1.807) is 0 Å². The number of anilines is 4. The smallest absolute Gasteiger partial charge is 0.181 e. The van der Waals surface area contributed by atoms with Crippen molar-refractivity contribution in [1.29, 1.82) is 0 Å². The van der Waals surface area contributed by atoms with Gasteiger partial charge in [-0.25, -0.2) is 0 Å². The third-order valence-electron chi connectivity index (χ3n) is 11.3. The van der Waals surface area contributed by atoms with Crippen LogP contribution in [0.25, 0.3) is 22.3 Å². The van der Waals surface area contributed by atoms with Crippen LogP contribution in [-0.2, 0) is 0 Å². The van der Waals surface area contributed by atoms with E-state index in [0.29, 0.717) is 5.06 Å². The number of allylic oxidation sites excluding steroid dienone is 13. The summed E-state index contributed by atoms with van der Waals surface area (Å²) in [6.45, 7) is 17.5. The second-order valence-electron chi connectivity index (χ2n) is 15.1. The number of hydrogen-bond donors (Lipinski definition) is 1. The lowest BCUT2D eigenvalue weighted by atomic mass is 9.71. The van der Waals surface area contributed by atoms with Gasteiger partial charge in [-0.2, -0.15) is 0 Å². The van der Waals surface area contributed by atoms with Crippen LogP contribution in [0.5, 0.6) is 5.06 Å². The van der Waals surface area contributed by atoms with Crippen molar-refractivity contribution in [2.75, 3.05) is 9.80 Å². The van der Waals surface area contributed by atoms with Gasteiger partial charge in [-0.1, -0.05) is 180 Å². The Balaban J connectivity index is 0.00000147. The maximum atomic E-state index is 12.0. The Morgan fingerprint density at radius 3 is 1.83 bits per heavy atom. The average Bonchev–Trinajstić information content (AvgIpc) is 3.65. The SMILES string of the molecule is C=C(/C(=C(\C)N(C1=CCCCC1)c1ccccc1)[C@]1(C)C=CC=CC1)c1ccc(-c2c(O)sc(N(c3ccccc3)c3ccccc3)c2C2=CCCC=C2)cc1.CC.CC. The van der Waals surface area contributed by atoms with Gasteiger partial charge in [0.2, 0.25) is 0 Å². The zero-order chi connectivity index (χ0) is 42.5. The molecular weight excluding hydrogens is 749 g/mol. The lowest BCUT2D eigenvalue weighted by Crippen LogP contribution is -2.28. The van der Waals surface area contributed by atoms with E-state index in [9.17, 15) is 5.11 Å². The van der Waals surface area contributed by atoms with Crippen molar-refractivity contribution in [3.05, 3.63) is 199 Å². The number of thiophene rings is 1. The fourth-order valence-electron chi connectivity index (χ4n) is 8.60. The number of rotatable bonds is 11. The van der Waals surface area contributed by atoms with E-state index in [0.717, 1.165) is 81.9 Å². The van der Waals surface area contributed by atoms with E-state index in [2.05, 4.69) is 175 Å². The van der Waals surface area contributed by atoms with Crippen LogP contribution in [0.15, 0.2) is 187 Å². The molecule has 0 aliphatic heterocycles. The lowest BCUT2D eigenvalue weighted by Gasteiger charge is -2.38. The quantitative estimate of drug-likeness (QED) is 0.135. The van der Waals surface area contributed by atoms with Gasteiger partial charge in [-0.05, 0) is 116 Å². The molecule has 0 saturated heterocycles. The number of para-hydroxylation sites is 3. The molecular formula is C56H62N2OS. The average molecular weight is 811 g/mol. The van der Waals surface area contributed by atoms with Crippen LogP contribution in [0.1, 0.15) is 97.6 Å². The summed E-state index contributed by atoms with van der Waals surface area (Å²) in [5, 5.41) is 13.3. The minimum atomic E-state index is -0.247. The minimum Gasteiger partial charge on any atom is -0.499 e. The van der Waals surface area contributed by atoms with Crippen LogP contribution in [0.4, 0.5) is 22.1 Å². The molecule has 3 aliphatic rings. The fraction of sp³-hybridized carbons (Fsp3) is 0.250. The molecule has 1 aromatic heterocycles. The molecule has 0 amide bonds. The molecule has 3 nitrogen and oxygen atoms in total. The molecule has 60 heavy (non-hydrogen) atoms. The topological polar surface area (TPSA) is 26.7 Å². The minimum absolute atomic E-state index is 0.247. The monoisotopic (exact) mass is 810 g/mol. The van der Waals surface area contributed by atoms with E-state index < -0.39 is 0 Å². The Bertz CT molecular complexity index is 2340. The second kappa shape index (κ2) is 20.9. The first-order chi connectivity index (χ1) is 29.4. The van der Waals surface area contributed by atoms with Gasteiger partial charge >= 0.3 is 0 Å². The summed E-state index contributed by atoms with van der Waals surface area (Å²) in [7, 11) is 0. The lowest BCUT2D eigenvalue weighted by molar-refractivity contribution is 0.492. The van der Waals surface area contributed by atoms with Crippen molar-refractivity contribution in [3.63, 3.8) is 0 Å². The highest BCUT2D eigenvalue weighted by Crippen LogP contribution is 2.54. The zero-order valence-corrected chi connectivity index (χ0v) is 37.3. The largest absolute Gasteiger partial charge is 0.499 e. The Morgan fingerprint density at radius 2 is 1.30 bits per heavy atom. The second-order valence-corrected chi connectivity index (χ2v) is 16.1. The Kier molecular flexibility index (Phi) is 15.2. The van der Waals surface area contributed by atoms with E-state index in [4.69, 9.17) is 6.58 Å². The maximum absolute atomic E-state index is 12.0. The van der Waals surface area contributed by atoms with Gasteiger partial charge in [-0.3, -0.25) is 0 Å². The number of benzene rings is 4. The van der Waals surface area contributed by atoms with Gasteiger partial charge in [0, 0.05) is 45.0 Å². The molecule has 0 bridgehead atoms. The first-order valence-corrected chi connectivity index (χ1v) is 22.8. The van der Waals surface area contributed by atoms with Crippen molar-refractivity contribution in [1.82, 2.24) is 0 Å². The highest BCUT2D eigenvalue weighted by atomic mass is 32.1. The molecule has 4 heteroatoms. The van der Waals surface area contributed by atoms with Crippen molar-refractivity contribution in [2.24, 2.45) is 5.41 Å². The molecule has 0 saturated carbocycles. The highest BCUT2D eigenvalue weighted by Gasteiger charge is 2.33.